The molecule has 0 spiro atoms. The average molecular weight is 227 g/mol. The zero-order valence-electron chi connectivity index (χ0n) is 10.1. The number of rotatable bonds is 2. The topological polar surface area (TPSA) is 40.7 Å². The Morgan fingerprint density at radius 1 is 1.24 bits per heavy atom. The first-order valence-electron chi connectivity index (χ1n) is 6.29. The third-order valence-electron chi connectivity index (χ3n) is 3.41. The Hall–Kier alpha value is -1.77. The fourth-order valence-corrected chi connectivity index (χ4v) is 2.37. The summed E-state index contributed by atoms with van der Waals surface area (Å²) in [5.74, 6) is 1.03. The lowest BCUT2D eigenvalue weighted by Crippen LogP contribution is -2.10. The van der Waals surface area contributed by atoms with Crippen LogP contribution in [0.2, 0.25) is 0 Å². The molecule has 1 aliphatic heterocycles. The second-order valence-electron chi connectivity index (χ2n) is 4.51. The van der Waals surface area contributed by atoms with Crippen LogP contribution in [-0.2, 0) is 12.8 Å². The molecule has 2 aromatic rings. The minimum atomic E-state index is 1.03. The van der Waals surface area contributed by atoms with E-state index in [2.05, 4.69) is 46.7 Å². The smallest absolute Gasteiger partial charge is 0.151 e. The van der Waals surface area contributed by atoms with Crippen LogP contribution >= 0.6 is 0 Å². The van der Waals surface area contributed by atoms with E-state index in [1.54, 1.807) is 0 Å². The van der Waals surface area contributed by atoms with Gasteiger partial charge in [0.15, 0.2) is 5.82 Å². The molecular formula is C14H17N3. The van der Waals surface area contributed by atoms with Crippen molar-refractivity contribution < 1.29 is 0 Å². The number of nitrogens with one attached hydrogen (secondary N) is 2. The molecule has 0 amide bonds. The highest BCUT2D eigenvalue weighted by Gasteiger charge is 2.17. The number of aryl methyl sites for hydroxylation is 1. The fraction of sp³-hybridized carbons (Fsp3) is 0.357. The molecule has 1 aromatic heterocycles. The second-order valence-corrected chi connectivity index (χ2v) is 4.51. The maximum atomic E-state index is 4.34. The lowest BCUT2D eigenvalue weighted by Gasteiger charge is -2.13. The van der Waals surface area contributed by atoms with Crippen molar-refractivity contribution in [3.63, 3.8) is 0 Å². The van der Waals surface area contributed by atoms with E-state index in [1.807, 2.05) is 0 Å². The quantitative estimate of drug-likeness (QED) is 0.828. The maximum Gasteiger partial charge on any atom is 0.151 e. The molecule has 0 aliphatic carbocycles. The number of aromatic nitrogens is 2. The van der Waals surface area contributed by atoms with Gasteiger partial charge in [-0.1, -0.05) is 31.2 Å². The van der Waals surface area contributed by atoms with Crippen molar-refractivity contribution >= 4 is 5.82 Å². The molecule has 3 heteroatoms. The highest BCUT2D eigenvalue weighted by atomic mass is 15.2. The molecule has 1 aromatic carbocycles. The Bertz CT molecular complexity index is 511. The van der Waals surface area contributed by atoms with Crippen LogP contribution in [0.4, 0.5) is 5.82 Å². The van der Waals surface area contributed by atoms with Crippen molar-refractivity contribution in [2.75, 3.05) is 11.9 Å². The van der Waals surface area contributed by atoms with Gasteiger partial charge >= 0.3 is 0 Å². The van der Waals surface area contributed by atoms with Gasteiger partial charge in [-0.15, -0.1) is 0 Å². The average Bonchev–Trinajstić information content (AvgIpc) is 2.83. The predicted octanol–water partition coefficient (Wildman–Crippen LogP) is 3.00. The predicted molar refractivity (Wildman–Crippen MR) is 70.2 cm³/mol. The van der Waals surface area contributed by atoms with Gasteiger partial charge in [0.1, 0.15) is 0 Å². The molecule has 2 N–H and O–H groups in total. The van der Waals surface area contributed by atoms with Gasteiger partial charge in [0.2, 0.25) is 0 Å². The number of anilines is 1. The van der Waals surface area contributed by atoms with Gasteiger partial charge in [0.25, 0.3) is 0 Å². The lowest BCUT2D eigenvalue weighted by atomic mass is 10.0. The van der Waals surface area contributed by atoms with Crippen molar-refractivity contribution in [3.05, 3.63) is 35.4 Å². The lowest BCUT2D eigenvalue weighted by molar-refractivity contribution is 0.828. The third-order valence-corrected chi connectivity index (χ3v) is 3.41. The van der Waals surface area contributed by atoms with Gasteiger partial charge in [0, 0.05) is 12.1 Å². The first kappa shape index (κ1) is 10.4. The van der Waals surface area contributed by atoms with Gasteiger partial charge in [-0.3, -0.25) is 5.10 Å². The molecule has 1 aliphatic rings. The number of H-pyrrole nitrogens is 1. The standard InChI is InChI=1S/C14H17N3/c1-2-10-5-7-11(8-6-10)13-12-4-3-9-15-14(12)17-16-13/h5-8H,2-4,9H2,1H3,(H2,15,16,17). The number of aromatic amines is 1. The van der Waals surface area contributed by atoms with Gasteiger partial charge in [-0.2, -0.15) is 5.10 Å². The summed E-state index contributed by atoms with van der Waals surface area (Å²) in [7, 11) is 0. The molecule has 0 radical (unpaired) electrons. The van der Waals surface area contributed by atoms with E-state index >= 15 is 0 Å². The van der Waals surface area contributed by atoms with Crippen molar-refractivity contribution in [1.29, 1.82) is 0 Å². The molecule has 2 heterocycles. The van der Waals surface area contributed by atoms with Crippen LogP contribution in [-0.4, -0.2) is 16.7 Å². The van der Waals surface area contributed by atoms with Crippen LogP contribution in [0.5, 0.6) is 0 Å². The molecule has 0 fully saturated rings. The summed E-state index contributed by atoms with van der Waals surface area (Å²) in [6.07, 6.45) is 3.39. The number of benzene rings is 1. The van der Waals surface area contributed by atoms with Crippen molar-refractivity contribution in [2.24, 2.45) is 0 Å². The van der Waals surface area contributed by atoms with Crippen molar-refractivity contribution in [3.8, 4) is 11.3 Å². The highest BCUT2D eigenvalue weighted by molar-refractivity contribution is 5.69. The maximum absolute atomic E-state index is 4.34. The summed E-state index contributed by atoms with van der Waals surface area (Å²) in [4.78, 5) is 0. The fourth-order valence-electron chi connectivity index (χ4n) is 2.37. The Morgan fingerprint density at radius 3 is 2.82 bits per heavy atom. The van der Waals surface area contributed by atoms with Crippen molar-refractivity contribution in [1.82, 2.24) is 10.2 Å². The summed E-state index contributed by atoms with van der Waals surface area (Å²) in [6, 6.07) is 8.75. The van der Waals surface area contributed by atoms with E-state index in [1.165, 1.54) is 28.8 Å². The molecule has 88 valence electrons. The SMILES string of the molecule is CCc1ccc(-c2[nH]nc3c2CCCN3)cc1. The Morgan fingerprint density at radius 2 is 2.06 bits per heavy atom. The number of nitrogens with zero attached hydrogens (tertiary/aromatic N) is 1. The second kappa shape index (κ2) is 4.24. The van der Waals surface area contributed by atoms with Crippen LogP contribution < -0.4 is 5.32 Å². The summed E-state index contributed by atoms with van der Waals surface area (Å²) in [5, 5.41) is 10.8. The largest absolute Gasteiger partial charge is 0.368 e. The monoisotopic (exact) mass is 227 g/mol. The third kappa shape index (κ3) is 1.82. The Balaban J connectivity index is 2.00. The number of hydrogen-bond acceptors (Lipinski definition) is 2. The van der Waals surface area contributed by atoms with E-state index in [9.17, 15) is 0 Å². The van der Waals surface area contributed by atoms with Crippen LogP contribution in [0.3, 0.4) is 0 Å². The van der Waals surface area contributed by atoms with Gasteiger partial charge in [0.05, 0.1) is 5.69 Å². The van der Waals surface area contributed by atoms with Crippen LogP contribution in [0.25, 0.3) is 11.3 Å². The normalized spacial score (nSPS) is 14.2. The van der Waals surface area contributed by atoms with E-state index in [-0.39, 0.29) is 0 Å². The molecule has 0 bridgehead atoms. The Labute approximate surface area is 101 Å². The Kier molecular flexibility index (Phi) is 2.59. The summed E-state index contributed by atoms with van der Waals surface area (Å²) in [6.45, 7) is 3.21. The number of hydrogen-bond donors (Lipinski definition) is 2. The van der Waals surface area contributed by atoms with Gasteiger partial charge < -0.3 is 5.32 Å². The molecule has 3 rings (SSSR count). The number of fused-ring (bicyclic) bond motifs is 1. The first-order valence-corrected chi connectivity index (χ1v) is 6.29. The van der Waals surface area contributed by atoms with E-state index < -0.39 is 0 Å². The van der Waals surface area contributed by atoms with E-state index in [0.29, 0.717) is 0 Å². The van der Waals surface area contributed by atoms with Crippen LogP contribution in [0.1, 0.15) is 24.5 Å². The zero-order chi connectivity index (χ0) is 11.7. The van der Waals surface area contributed by atoms with Gasteiger partial charge in [-0.25, -0.2) is 0 Å². The molecule has 0 saturated heterocycles. The minimum absolute atomic E-state index is 1.03. The summed E-state index contributed by atoms with van der Waals surface area (Å²) < 4.78 is 0. The molecule has 0 atom stereocenters. The van der Waals surface area contributed by atoms with Crippen molar-refractivity contribution in [2.45, 2.75) is 26.2 Å². The van der Waals surface area contributed by atoms with E-state index in [4.69, 9.17) is 0 Å². The summed E-state index contributed by atoms with van der Waals surface area (Å²) >= 11 is 0. The van der Waals surface area contributed by atoms with Crippen LogP contribution in [0, 0.1) is 0 Å². The first-order chi connectivity index (χ1) is 8.38. The molecule has 0 saturated carbocycles. The molecule has 0 unspecified atom stereocenters. The molecular weight excluding hydrogens is 210 g/mol. The molecule has 3 nitrogen and oxygen atoms in total. The van der Waals surface area contributed by atoms with Crippen LogP contribution in [0.15, 0.2) is 24.3 Å². The zero-order valence-corrected chi connectivity index (χ0v) is 10.1. The minimum Gasteiger partial charge on any atom is -0.368 e. The van der Waals surface area contributed by atoms with Gasteiger partial charge in [-0.05, 0) is 30.4 Å². The highest BCUT2D eigenvalue weighted by Crippen LogP contribution is 2.30. The summed E-state index contributed by atoms with van der Waals surface area (Å²) in [5.41, 5.74) is 5.12. The van der Waals surface area contributed by atoms with E-state index in [0.717, 1.165) is 25.2 Å². The molecule has 17 heavy (non-hydrogen) atoms.